The van der Waals surface area contributed by atoms with Gasteiger partial charge in [0.2, 0.25) is 0 Å². The van der Waals surface area contributed by atoms with E-state index in [1.807, 2.05) is 0 Å². The zero-order valence-corrected chi connectivity index (χ0v) is 17.1. The molecule has 174 valence electrons. The number of carbonyl (C=O) groups excluding carboxylic acids is 1. The molecule has 2 N–H and O–H groups in total. The number of aliphatic carboxylic acids is 1. The number of carbonyl (C=O) groups is 2. The van der Waals surface area contributed by atoms with Crippen LogP contribution in [-0.2, 0) is 17.8 Å². The van der Waals surface area contributed by atoms with E-state index in [0.29, 0.717) is 19.3 Å². The smallest absolute Gasteiger partial charge is 0.475 e. The summed E-state index contributed by atoms with van der Waals surface area (Å²) in [5.74, 6) is -1.25. The third-order valence-corrected chi connectivity index (χ3v) is 5.94. The molecular weight excluding hydrogens is 422 g/mol. The molecule has 3 aliphatic rings. The van der Waals surface area contributed by atoms with Gasteiger partial charge in [0.1, 0.15) is 11.9 Å². The molecular formula is C20H27F4N3O4. The van der Waals surface area contributed by atoms with Gasteiger partial charge in [0, 0.05) is 32.1 Å². The number of nitrogens with one attached hydrogen (secondary N) is 1. The Kier molecular flexibility index (Phi) is 7.55. The SMILES string of the molecule is O=C(N[C@@H]1CC[C@@H](F)C1)c1nc2c(o1)CCN(CC1CCCC1)C2.O=C(O)C(F)(F)F. The van der Waals surface area contributed by atoms with Gasteiger partial charge < -0.3 is 14.8 Å². The first kappa shape index (κ1) is 23.5. The standard InChI is InChI=1S/C18H26FN3O2.C2HF3O2/c19-13-5-6-14(9-13)20-17(23)18-21-15-11-22(8-7-16(15)24-18)10-12-3-1-2-4-12;3-2(4,5)1(6)7/h12-14H,1-11H2,(H,20,23);(H,6,7)/t13-,14-;/m1./s1. The molecule has 0 radical (unpaired) electrons. The highest BCUT2D eigenvalue weighted by atomic mass is 19.4. The molecule has 0 saturated heterocycles. The number of carboxylic acids is 1. The maximum atomic E-state index is 13.2. The number of nitrogens with zero attached hydrogens (tertiary/aromatic N) is 2. The lowest BCUT2D eigenvalue weighted by atomic mass is 10.1. The molecule has 1 aromatic heterocycles. The lowest BCUT2D eigenvalue weighted by Gasteiger charge is -2.27. The summed E-state index contributed by atoms with van der Waals surface area (Å²) in [6.45, 7) is 2.89. The van der Waals surface area contributed by atoms with Gasteiger partial charge in [-0.15, -0.1) is 0 Å². The van der Waals surface area contributed by atoms with Crippen molar-refractivity contribution < 1.29 is 36.7 Å². The van der Waals surface area contributed by atoms with Crippen molar-refractivity contribution in [3.8, 4) is 0 Å². The number of rotatable bonds is 4. The fraction of sp³-hybridized carbons (Fsp3) is 0.750. The minimum absolute atomic E-state index is 0.0877. The van der Waals surface area contributed by atoms with Crippen LogP contribution in [0.1, 0.15) is 67.1 Å². The second kappa shape index (κ2) is 9.97. The van der Waals surface area contributed by atoms with Gasteiger partial charge in [-0.2, -0.15) is 13.2 Å². The first-order valence-corrected chi connectivity index (χ1v) is 10.6. The second-order valence-electron chi connectivity index (χ2n) is 8.41. The van der Waals surface area contributed by atoms with Crippen molar-refractivity contribution in [3.63, 3.8) is 0 Å². The Bertz CT molecular complexity index is 777. The summed E-state index contributed by atoms with van der Waals surface area (Å²) in [7, 11) is 0. The summed E-state index contributed by atoms with van der Waals surface area (Å²) in [5.41, 5.74) is 0.902. The Morgan fingerprint density at radius 3 is 2.45 bits per heavy atom. The summed E-state index contributed by atoms with van der Waals surface area (Å²) >= 11 is 0. The zero-order chi connectivity index (χ0) is 22.6. The van der Waals surface area contributed by atoms with Crippen LogP contribution in [0.2, 0.25) is 0 Å². The Balaban J connectivity index is 0.000000339. The van der Waals surface area contributed by atoms with E-state index in [2.05, 4.69) is 15.2 Å². The Morgan fingerprint density at radius 1 is 1.19 bits per heavy atom. The molecule has 2 heterocycles. The van der Waals surface area contributed by atoms with Crippen molar-refractivity contribution in [3.05, 3.63) is 17.3 Å². The molecule has 11 heteroatoms. The summed E-state index contributed by atoms with van der Waals surface area (Å²) in [6, 6.07) is -0.0877. The number of fused-ring (bicyclic) bond motifs is 1. The van der Waals surface area contributed by atoms with Crippen LogP contribution in [-0.4, -0.2) is 58.3 Å². The third-order valence-electron chi connectivity index (χ3n) is 5.94. The highest BCUT2D eigenvalue weighted by Gasteiger charge is 2.38. The summed E-state index contributed by atoms with van der Waals surface area (Å²) < 4.78 is 50.6. The lowest BCUT2D eigenvalue weighted by molar-refractivity contribution is -0.192. The van der Waals surface area contributed by atoms with Gasteiger partial charge in [0.25, 0.3) is 5.89 Å². The predicted molar refractivity (Wildman–Crippen MR) is 101 cm³/mol. The topological polar surface area (TPSA) is 95.7 Å². The monoisotopic (exact) mass is 449 g/mol. The van der Waals surface area contributed by atoms with Crippen LogP contribution in [0.5, 0.6) is 0 Å². The number of hydrogen-bond donors (Lipinski definition) is 2. The molecule has 0 bridgehead atoms. The molecule has 7 nitrogen and oxygen atoms in total. The van der Waals surface area contributed by atoms with E-state index in [9.17, 15) is 22.4 Å². The van der Waals surface area contributed by atoms with Crippen LogP contribution < -0.4 is 5.32 Å². The minimum atomic E-state index is -5.08. The van der Waals surface area contributed by atoms with Crippen molar-refractivity contribution in [2.75, 3.05) is 13.1 Å². The fourth-order valence-electron chi connectivity index (χ4n) is 4.37. The second-order valence-corrected chi connectivity index (χ2v) is 8.41. The van der Waals surface area contributed by atoms with Gasteiger partial charge in [-0.05, 0) is 38.0 Å². The van der Waals surface area contributed by atoms with Crippen molar-refractivity contribution in [1.82, 2.24) is 15.2 Å². The molecule has 4 rings (SSSR count). The number of oxazole rings is 1. The van der Waals surface area contributed by atoms with E-state index < -0.39 is 18.3 Å². The van der Waals surface area contributed by atoms with Crippen LogP contribution in [0.25, 0.3) is 0 Å². The first-order valence-electron chi connectivity index (χ1n) is 10.6. The van der Waals surface area contributed by atoms with Crippen molar-refractivity contribution in [2.45, 2.75) is 76.3 Å². The number of amides is 1. The van der Waals surface area contributed by atoms with E-state index in [4.69, 9.17) is 14.3 Å². The fourth-order valence-corrected chi connectivity index (χ4v) is 4.37. The molecule has 1 aromatic rings. The van der Waals surface area contributed by atoms with Crippen LogP contribution in [0, 0.1) is 5.92 Å². The minimum Gasteiger partial charge on any atom is -0.475 e. The highest BCUT2D eigenvalue weighted by molar-refractivity contribution is 5.90. The summed E-state index contributed by atoms with van der Waals surface area (Å²) in [6.07, 6.45) is 1.97. The van der Waals surface area contributed by atoms with E-state index in [-0.39, 0.29) is 17.8 Å². The number of hydrogen-bond acceptors (Lipinski definition) is 5. The van der Waals surface area contributed by atoms with Crippen LogP contribution >= 0.6 is 0 Å². The molecule has 0 unspecified atom stereocenters. The molecule has 2 aliphatic carbocycles. The maximum absolute atomic E-state index is 13.2. The normalized spacial score (nSPS) is 24.4. The van der Waals surface area contributed by atoms with Gasteiger partial charge >= 0.3 is 18.1 Å². The molecule has 0 aromatic carbocycles. The van der Waals surface area contributed by atoms with Gasteiger partial charge in [-0.25, -0.2) is 14.2 Å². The lowest BCUT2D eigenvalue weighted by Crippen LogP contribution is -2.34. The van der Waals surface area contributed by atoms with Crippen molar-refractivity contribution in [1.29, 1.82) is 0 Å². The first-order chi connectivity index (χ1) is 14.6. The van der Waals surface area contributed by atoms with Crippen LogP contribution in [0.4, 0.5) is 17.6 Å². The van der Waals surface area contributed by atoms with Gasteiger partial charge in [-0.1, -0.05) is 12.8 Å². The molecule has 31 heavy (non-hydrogen) atoms. The summed E-state index contributed by atoms with van der Waals surface area (Å²) in [5, 5.41) is 9.98. The number of carboxylic acid groups (broad SMARTS) is 1. The van der Waals surface area contributed by atoms with Crippen LogP contribution in [0.3, 0.4) is 0 Å². The third kappa shape index (κ3) is 6.65. The van der Waals surface area contributed by atoms with E-state index >= 15 is 0 Å². The molecule has 0 spiro atoms. The number of halogens is 4. The van der Waals surface area contributed by atoms with Crippen molar-refractivity contribution in [2.24, 2.45) is 5.92 Å². The van der Waals surface area contributed by atoms with E-state index in [1.165, 1.54) is 25.7 Å². The van der Waals surface area contributed by atoms with E-state index in [1.54, 1.807) is 0 Å². The molecule has 2 saturated carbocycles. The van der Waals surface area contributed by atoms with Crippen molar-refractivity contribution >= 4 is 11.9 Å². The maximum Gasteiger partial charge on any atom is 0.490 e. The summed E-state index contributed by atoms with van der Waals surface area (Å²) in [4.78, 5) is 28.0. The molecule has 2 atom stereocenters. The zero-order valence-electron chi connectivity index (χ0n) is 17.1. The van der Waals surface area contributed by atoms with Gasteiger partial charge in [0.15, 0.2) is 0 Å². The quantitative estimate of drug-likeness (QED) is 0.684. The van der Waals surface area contributed by atoms with Crippen LogP contribution in [0.15, 0.2) is 4.42 Å². The average Bonchev–Trinajstić information content (AvgIpc) is 3.42. The largest absolute Gasteiger partial charge is 0.490 e. The number of alkyl halides is 4. The van der Waals surface area contributed by atoms with Gasteiger partial charge in [-0.3, -0.25) is 9.69 Å². The Labute approximate surface area is 177 Å². The molecule has 2 fully saturated rings. The Morgan fingerprint density at radius 2 is 1.87 bits per heavy atom. The van der Waals surface area contributed by atoms with E-state index in [0.717, 1.165) is 43.4 Å². The number of aromatic nitrogens is 1. The average molecular weight is 449 g/mol. The molecule has 1 amide bonds. The highest BCUT2D eigenvalue weighted by Crippen LogP contribution is 2.28. The predicted octanol–water partition coefficient (Wildman–Crippen LogP) is 3.48. The molecule has 1 aliphatic heterocycles. The Hall–Kier alpha value is -2.17. The van der Waals surface area contributed by atoms with Gasteiger partial charge in [0.05, 0.1) is 5.69 Å².